The van der Waals surface area contributed by atoms with Gasteiger partial charge in [0.25, 0.3) is 11.8 Å². The molecule has 0 saturated heterocycles. The number of hydrogen-bond acceptors (Lipinski definition) is 5. The van der Waals surface area contributed by atoms with Crippen LogP contribution in [-0.2, 0) is 14.3 Å². The van der Waals surface area contributed by atoms with Crippen molar-refractivity contribution in [3.05, 3.63) is 126 Å². The zero-order valence-corrected chi connectivity index (χ0v) is 22.2. The number of carbonyl (C=O) groups excluding carboxylic acids is 3. The number of rotatable bonds is 10. The largest absolute Gasteiger partial charge is 0.465 e. The normalized spacial score (nSPS) is 10.9. The molecule has 7 heteroatoms. The average molecular weight is 537 g/mol. The van der Waals surface area contributed by atoms with Crippen molar-refractivity contribution in [3.63, 3.8) is 0 Å². The molecule has 0 spiro atoms. The zero-order chi connectivity index (χ0) is 27.5. The molecule has 4 aromatic rings. The van der Waals surface area contributed by atoms with E-state index in [0.29, 0.717) is 17.9 Å². The molecule has 0 bridgehead atoms. The van der Waals surface area contributed by atoms with E-state index in [9.17, 15) is 14.4 Å². The first kappa shape index (κ1) is 27.4. The van der Waals surface area contributed by atoms with Gasteiger partial charge in [-0.25, -0.2) is 0 Å². The first-order valence-corrected chi connectivity index (χ1v) is 13.4. The molecule has 0 heterocycles. The van der Waals surface area contributed by atoms with E-state index in [1.54, 1.807) is 49.4 Å². The zero-order valence-electron chi connectivity index (χ0n) is 21.4. The summed E-state index contributed by atoms with van der Waals surface area (Å²) in [4.78, 5) is 38.6. The lowest BCUT2D eigenvalue weighted by Gasteiger charge is -2.12. The summed E-state index contributed by atoms with van der Waals surface area (Å²) in [5.41, 5.74) is 4.01. The minimum Gasteiger partial charge on any atom is -0.465 e. The number of nitrogens with one attached hydrogen (secondary N) is 2. The van der Waals surface area contributed by atoms with Crippen LogP contribution in [0.15, 0.2) is 120 Å². The Labute approximate surface area is 232 Å². The average Bonchev–Trinajstić information content (AvgIpc) is 2.98. The van der Waals surface area contributed by atoms with Gasteiger partial charge in [-0.1, -0.05) is 72.8 Å². The summed E-state index contributed by atoms with van der Waals surface area (Å²) in [6.07, 6.45) is 1.65. The molecule has 0 aromatic heterocycles. The Kier molecular flexibility index (Phi) is 9.69. The molecule has 0 aliphatic rings. The molecule has 0 fully saturated rings. The molecule has 0 unspecified atom stereocenters. The third-order valence-corrected chi connectivity index (χ3v) is 6.62. The van der Waals surface area contributed by atoms with E-state index in [-0.39, 0.29) is 23.3 Å². The molecule has 4 rings (SSSR count). The third-order valence-electron chi connectivity index (χ3n) is 5.63. The van der Waals surface area contributed by atoms with Crippen molar-refractivity contribution >= 4 is 41.3 Å². The highest BCUT2D eigenvalue weighted by molar-refractivity contribution is 8.00. The van der Waals surface area contributed by atoms with E-state index >= 15 is 0 Å². The quantitative estimate of drug-likeness (QED) is 0.139. The summed E-state index contributed by atoms with van der Waals surface area (Å²) in [6.45, 7) is 2.11. The number of anilines is 1. The fourth-order valence-electron chi connectivity index (χ4n) is 3.69. The van der Waals surface area contributed by atoms with Crippen molar-refractivity contribution in [1.82, 2.24) is 5.32 Å². The van der Waals surface area contributed by atoms with Gasteiger partial charge >= 0.3 is 5.97 Å². The van der Waals surface area contributed by atoms with Crippen molar-refractivity contribution in [2.75, 3.05) is 17.7 Å². The lowest BCUT2D eigenvalue weighted by Crippen LogP contribution is -2.30. The highest BCUT2D eigenvalue weighted by Crippen LogP contribution is 2.22. The summed E-state index contributed by atoms with van der Waals surface area (Å²) in [5, 5.41) is 5.60. The molecule has 0 radical (unpaired) electrons. The van der Waals surface area contributed by atoms with Crippen molar-refractivity contribution < 1.29 is 19.1 Å². The maximum atomic E-state index is 13.3. The maximum Gasteiger partial charge on any atom is 0.316 e. The van der Waals surface area contributed by atoms with Gasteiger partial charge in [-0.05, 0) is 66.1 Å². The van der Waals surface area contributed by atoms with Crippen molar-refractivity contribution in [1.29, 1.82) is 0 Å². The SMILES string of the molecule is CCOC(=O)CSc1ccc(NC(=O)/C(=C/c2ccc(-c3ccccc3)cc2)NC(=O)c2ccccc2)cc1. The second kappa shape index (κ2) is 13.8. The Hall–Kier alpha value is -4.62. The van der Waals surface area contributed by atoms with Crippen LogP contribution >= 0.6 is 11.8 Å². The number of carbonyl (C=O) groups is 3. The smallest absolute Gasteiger partial charge is 0.316 e. The number of benzene rings is 4. The molecule has 0 aliphatic carbocycles. The molecule has 0 saturated carbocycles. The van der Waals surface area contributed by atoms with Crippen molar-refractivity contribution in [2.45, 2.75) is 11.8 Å². The molecule has 0 aliphatic heterocycles. The van der Waals surface area contributed by atoms with Crippen LogP contribution in [0.5, 0.6) is 0 Å². The minimum atomic E-state index is -0.460. The Morgan fingerprint density at radius 2 is 1.38 bits per heavy atom. The van der Waals surface area contributed by atoms with E-state index in [2.05, 4.69) is 10.6 Å². The van der Waals surface area contributed by atoms with Gasteiger partial charge in [0.05, 0.1) is 12.4 Å². The van der Waals surface area contributed by atoms with Gasteiger partial charge in [-0.15, -0.1) is 11.8 Å². The molecule has 39 heavy (non-hydrogen) atoms. The molecule has 0 atom stereocenters. The highest BCUT2D eigenvalue weighted by Gasteiger charge is 2.15. The predicted octanol–water partition coefficient (Wildman–Crippen LogP) is 6.42. The number of amides is 2. The van der Waals surface area contributed by atoms with Crippen LogP contribution in [0.25, 0.3) is 17.2 Å². The topological polar surface area (TPSA) is 84.5 Å². The van der Waals surface area contributed by atoms with Crippen LogP contribution in [0.4, 0.5) is 5.69 Å². The van der Waals surface area contributed by atoms with E-state index in [4.69, 9.17) is 4.74 Å². The Morgan fingerprint density at radius 1 is 0.769 bits per heavy atom. The van der Waals surface area contributed by atoms with Gasteiger partial charge < -0.3 is 15.4 Å². The molecular formula is C32H28N2O4S. The van der Waals surface area contributed by atoms with Gasteiger partial charge in [0.15, 0.2) is 0 Å². The third kappa shape index (κ3) is 8.18. The predicted molar refractivity (Wildman–Crippen MR) is 156 cm³/mol. The Morgan fingerprint density at radius 3 is 2.03 bits per heavy atom. The number of thioether (sulfide) groups is 1. The molecule has 4 aromatic carbocycles. The molecule has 2 N–H and O–H groups in total. The van der Waals surface area contributed by atoms with Crippen molar-refractivity contribution in [2.24, 2.45) is 0 Å². The molecule has 196 valence electrons. The second-order valence-corrected chi connectivity index (χ2v) is 9.49. The van der Waals surface area contributed by atoms with E-state index in [1.807, 2.05) is 72.8 Å². The van der Waals surface area contributed by atoms with E-state index in [1.165, 1.54) is 11.8 Å². The van der Waals surface area contributed by atoms with Crippen LogP contribution in [-0.4, -0.2) is 30.1 Å². The van der Waals surface area contributed by atoms with Crippen LogP contribution < -0.4 is 10.6 Å². The summed E-state index contributed by atoms with van der Waals surface area (Å²) in [7, 11) is 0. The lowest BCUT2D eigenvalue weighted by atomic mass is 10.0. The standard InChI is InChI=1S/C32H28N2O4S/c1-2-38-30(35)22-39-28-19-17-27(18-20-28)33-32(37)29(34-31(36)26-11-7-4-8-12-26)21-23-13-15-25(16-14-23)24-9-5-3-6-10-24/h3-21H,2,22H2,1H3,(H,33,37)(H,34,36)/b29-21-. The fourth-order valence-corrected chi connectivity index (χ4v) is 4.39. The van der Waals surface area contributed by atoms with Crippen LogP contribution in [0.1, 0.15) is 22.8 Å². The van der Waals surface area contributed by atoms with Gasteiger partial charge in [-0.3, -0.25) is 14.4 Å². The van der Waals surface area contributed by atoms with Crippen LogP contribution in [0.3, 0.4) is 0 Å². The lowest BCUT2D eigenvalue weighted by molar-refractivity contribution is -0.139. The highest BCUT2D eigenvalue weighted by atomic mass is 32.2. The summed E-state index contributed by atoms with van der Waals surface area (Å²) < 4.78 is 4.95. The van der Waals surface area contributed by atoms with Gasteiger partial charge in [-0.2, -0.15) is 0 Å². The fraction of sp³-hybridized carbons (Fsp3) is 0.0938. The number of ether oxygens (including phenoxy) is 1. The Balaban J connectivity index is 1.51. The summed E-state index contributed by atoms with van der Waals surface area (Å²) in [5.74, 6) is -0.913. The minimum absolute atomic E-state index is 0.108. The first-order chi connectivity index (χ1) is 19.0. The van der Waals surface area contributed by atoms with E-state index < -0.39 is 5.91 Å². The Bertz CT molecular complexity index is 1440. The molecular weight excluding hydrogens is 508 g/mol. The van der Waals surface area contributed by atoms with Crippen LogP contribution in [0.2, 0.25) is 0 Å². The molecule has 2 amide bonds. The second-order valence-electron chi connectivity index (χ2n) is 8.44. The van der Waals surface area contributed by atoms with Crippen molar-refractivity contribution in [3.8, 4) is 11.1 Å². The van der Waals surface area contributed by atoms with Gasteiger partial charge in [0.2, 0.25) is 0 Å². The first-order valence-electron chi connectivity index (χ1n) is 12.5. The van der Waals surface area contributed by atoms with E-state index in [0.717, 1.165) is 21.6 Å². The molecule has 6 nitrogen and oxygen atoms in total. The number of esters is 1. The van der Waals surface area contributed by atoms with Crippen LogP contribution in [0, 0.1) is 0 Å². The number of hydrogen-bond donors (Lipinski definition) is 2. The summed E-state index contributed by atoms with van der Waals surface area (Å²) >= 11 is 1.35. The van der Waals surface area contributed by atoms with Gasteiger partial charge in [0, 0.05) is 16.1 Å². The maximum absolute atomic E-state index is 13.3. The summed E-state index contributed by atoms with van der Waals surface area (Å²) in [6, 6.07) is 33.6. The monoisotopic (exact) mass is 536 g/mol. The van der Waals surface area contributed by atoms with Gasteiger partial charge in [0.1, 0.15) is 5.70 Å².